The molecular formula is C14H10N2O. The highest BCUT2D eigenvalue weighted by molar-refractivity contribution is 5.83. The molecule has 3 nitrogen and oxygen atoms in total. The molecular weight excluding hydrogens is 212 g/mol. The number of rotatable bonds is 0. The van der Waals surface area contributed by atoms with Crippen LogP contribution in [0.15, 0.2) is 48.5 Å². The van der Waals surface area contributed by atoms with E-state index in [1.165, 1.54) is 0 Å². The smallest absolute Gasteiger partial charge is 0.314 e. The monoisotopic (exact) mass is 222 g/mol. The lowest BCUT2D eigenvalue weighted by atomic mass is 9.93. The van der Waals surface area contributed by atoms with Crippen LogP contribution < -0.4 is 4.65 Å². The van der Waals surface area contributed by atoms with Gasteiger partial charge in [0.25, 0.3) is 0 Å². The van der Waals surface area contributed by atoms with Crippen LogP contribution in [0.5, 0.6) is 0 Å². The van der Waals surface area contributed by atoms with Crippen molar-refractivity contribution in [3.63, 3.8) is 0 Å². The third-order valence-corrected chi connectivity index (χ3v) is 3.16. The lowest BCUT2D eigenvalue weighted by Gasteiger charge is -2.38. The Balaban J connectivity index is 2.35. The van der Waals surface area contributed by atoms with E-state index in [2.05, 4.69) is 0 Å². The Labute approximate surface area is 99.3 Å². The molecule has 1 atom stereocenters. The second-order valence-electron chi connectivity index (χ2n) is 4.17. The van der Waals surface area contributed by atoms with E-state index in [9.17, 15) is 5.21 Å². The molecule has 1 aliphatic heterocycles. The van der Waals surface area contributed by atoms with Gasteiger partial charge in [-0.15, -0.1) is 5.26 Å². The SMILES string of the molecule is N#C[N+]1([O-])Cc2ccccc2-c2ccccc21. The number of nitrogens with zero attached hydrogens (tertiary/aromatic N) is 2. The molecule has 0 bridgehead atoms. The molecule has 1 aliphatic rings. The van der Waals surface area contributed by atoms with Crippen LogP contribution in [-0.4, -0.2) is 0 Å². The summed E-state index contributed by atoms with van der Waals surface area (Å²) in [5.41, 5.74) is 3.39. The van der Waals surface area contributed by atoms with Crippen LogP contribution in [-0.2, 0) is 6.54 Å². The minimum atomic E-state index is -0.937. The maximum atomic E-state index is 12.5. The first-order chi connectivity index (χ1) is 8.24. The van der Waals surface area contributed by atoms with Crippen molar-refractivity contribution in [1.82, 2.24) is 4.65 Å². The molecule has 0 amide bonds. The number of nitriles is 1. The van der Waals surface area contributed by atoms with E-state index in [0.717, 1.165) is 16.7 Å². The van der Waals surface area contributed by atoms with Crippen molar-refractivity contribution in [2.75, 3.05) is 0 Å². The normalized spacial score (nSPS) is 21.2. The molecule has 0 aliphatic carbocycles. The van der Waals surface area contributed by atoms with Gasteiger partial charge in [0.2, 0.25) is 0 Å². The molecule has 0 spiro atoms. The summed E-state index contributed by atoms with van der Waals surface area (Å²) < 4.78 is -0.937. The highest BCUT2D eigenvalue weighted by Gasteiger charge is 2.31. The van der Waals surface area contributed by atoms with Crippen LogP contribution in [0.4, 0.5) is 5.69 Å². The van der Waals surface area contributed by atoms with Crippen molar-refractivity contribution in [3.05, 3.63) is 59.3 Å². The van der Waals surface area contributed by atoms with Gasteiger partial charge in [-0.25, -0.2) is 4.65 Å². The first-order valence-corrected chi connectivity index (χ1v) is 5.43. The molecule has 3 rings (SSSR count). The fourth-order valence-electron chi connectivity index (χ4n) is 2.35. The predicted octanol–water partition coefficient (Wildman–Crippen LogP) is 3.15. The number of benzene rings is 2. The summed E-state index contributed by atoms with van der Waals surface area (Å²) in [5.74, 6) is 0. The van der Waals surface area contributed by atoms with Crippen molar-refractivity contribution in [2.24, 2.45) is 0 Å². The third kappa shape index (κ3) is 1.36. The minimum absolute atomic E-state index is 0.184. The van der Waals surface area contributed by atoms with Gasteiger partial charge < -0.3 is 5.21 Å². The fraction of sp³-hybridized carbons (Fsp3) is 0.0714. The summed E-state index contributed by atoms with van der Waals surface area (Å²) in [6.07, 6.45) is 1.86. The quantitative estimate of drug-likeness (QED) is 0.390. The topological polar surface area (TPSA) is 46.8 Å². The van der Waals surface area contributed by atoms with Crippen LogP contribution in [0.2, 0.25) is 0 Å². The summed E-state index contributed by atoms with van der Waals surface area (Å²) in [4.78, 5) is 0. The van der Waals surface area contributed by atoms with Gasteiger partial charge in [-0.05, 0) is 11.6 Å². The van der Waals surface area contributed by atoms with E-state index in [-0.39, 0.29) is 6.54 Å². The van der Waals surface area contributed by atoms with Crippen molar-refractivity contribution in [2.45, 2.75) is 6.54 Å². The van der Waals surface area contributed by atoms with Gasteiger partial charge in [0.15, 0.2) is 5.69 Å². The standard InChI is InChI=1S/C14H10N2O/c15-10-16(17)9-11-5-1-2-6-12(11)13-7-3-4-8-14(13)16/h1-8H,9H2. The Kier molecular flexibility index (Phi) is 2.02. The lowest BCUT2D eigenvalue weighted by Crippen LogP contribution is -2.39. The molecule has 2 aromatic rings. The Hall–Kier alpha value is -2.15. The lowest BCUT2D eigenvalue weighted by molar-refractivity contribution is 0.499. The first-order valence-electron chi connectivity index (χ1n) is 5.43. The zero-order valence-corrected chi connectivity index (χ0v) is 9.13. The van der Waals surface area contributed by atoms with Crippen molar-refractivity contribution < 1.29 is 0 Å². The fourth-order valence-corrected chi connectivity index (χ4v) is 2.35. The summed E-state index contributed by atoms with van der Waals surface area (Å²) in [5, 5.41) is 21.6. The molecule has 17 heavy (non-hydrogen) atoms. The van der Waals surface area contributed by atoms with Gasteiger partial charge >= 0.3 is 6.19 Å². The molecule has 0 aromatic heterocycles. The molecule has 0 fully saturated rings. The van der Waals surface area contributed by atoms with Crippen LogP contribution in [0, 0.1) is 16.7 Å². The van der Waals surface area contributed by atoms with E-state index in [0.29, 0.717) is 5.69 Å². The molecule has 0 saturated carbocycles. The molecule has 82 valence electrons. The maximum absolute atomic E-state index is 12.5. The van der Waals surface area contributed by atoms with E-state index >= 15 is 0 Å². The van der Waals surface area contributed by atoms with E-state index < -0.39 is 4.65 Å². The summed E-state index contributed by atoms with van der Waals surface area (Å²) >= 11 is 0. The van der Waals surface area contributed by atoms with Gasteiger partial charge in [0.1, 0.15) is 6.54 Å². The van der Waals surface area contributed by atoms with Crippen LogP contribution in [0.1, 0.15) is 5.56 Å². The average molecular weight is 222 g/mol. The Morgan fingerprint density at radius 1 is 1.00 bits per heavy atom. The predicted molar refractivity (Wildman–Crippen MR) is 66.4 cm³/mol. The van der Waals surface area contributed by atoms with Crippen molar-refractivity contribution in [3.8, 4) is 17.3 Å². The van der Waals surface area contributed by atoms with Crippen LogP contribution in [0.25, 0.3) is 11.1 Å². The maximum Gasteiger partial charge on any atom is 0.314 e. The highest BCUT2D eigenvalue weighted by atomic mass is 16.5. The molecule has 0 radical (unpaired) electrons. The van der Waals surface area contributed by atoms with Crippen LogP contribution in [0.3, 0.4) is 0 Å². The summed E-state index contributed by atoms with van der Waals surface area (Å²) in [6.45, 7) is 0.184. The molecule has 2 aromatic carbocycles. The number of quaternary nitrogens is 1. The van der Waals surface area contributed by atoms with E-state index in [1.54, 1.807) is 12.1 Å². The number of fused-ring (bicyclic) bond motifs is 3. The Bertz CT molecular complexity index is 630. The average Bonchev–Trinajstić information content (AvgIpc) is 2.39. The number of hydrogen-bond donors (Lipinski definition) is 0. The summed E-state index contributed by atoms with van der Waals surface area (Å²) in [6, 6.07) is 15.1. The Morgan fingerprint density at radius 3 is 2.41 bits per heavy atom. The van der Waals surface area contributed by atoms with Gasteiger partial charge in [0.05, 0.1) is 0 Å². The summed E-state index contributed by atoms with van der Waals surface area (Å²) in [7, 11) is 0. The third-order valence-electron chi connectivity index (χ3n) is 3.16. The zero-order chi connectivity index (χ0) is 11.9. The van der Waals surface area contributed by atoms with Crippen molar-refractivity contribution in [1.29, 1.82) is 5.26 Å². The minimum Gasteiger partial charge on any atom is -0.611 e. The number of hydroxylamine groups is 2. The van der Waals surface area contributed by atoms with Gasteiger partial charge in [-0.2, -0.15) is 0 Å². The molecule has 0 N–H and O–H groups in total. The van der Waals surface area contributed by atoms with Gasteiger partial charge in [-0.3, -0.25) is 0 Å². The van der Waals surface area contributed by atoms with Gasteiger partial charge in [0, 0.05) is 17.2 Å². The molecule has 1 unspecified atom stereocenters. The zero-order valence-electron chi connectivity index (χ0n) is 9.13. The second kappa shape index (κ2) is 3.42. The number of para-hydroxylation sites is 1. The molecule has 1 heterocycles. The highest BCUT2D eigenvalue weighted by Crippen LogP contribution is 2.42. The second-order valence-corrected chi connectivity index (χ2v) is 4.17. The largest absolute Gasteiger partial charge is 0.611 e. The Morgan fingerprint density at radius 2 is 1.65 bits per heavy atom. The van der Waals surface area contributed by atoms with Gasteiger partial charge in [-0.1, -0.05) is 36.4 Å². The van der Waals surface area contributed by atoms with E-state index in [4.69, 9.17) is 5.26 Å². The van der Waals surface area contributed by atoms with Crippen molar-refractivity contribution >= 4 is 5.69 Å². The van der Waals surface area contributed by atoms with Crippen LogP contribution >= 0.6 is 0 Å². The first kappa shape index (κ1) is 10.0. The molecule has 3 heteroatoms. The molecule has 0 saturated heterocycles. The van der Waals surface area contributed by atoms with E-state index in [1.807, 2.05) is 42.6 Å². The number of hydrogen-bond acceptors (Lipinski definition) is 2.